The molecule has 84 valence electrons. The van der Waals surface area contributed by atoms with Crippen molar-refractivity contribution >= 4 is 11.9 Å². The van der Waals surface area contributed by atoms with Crippen LogP contribution in [-0.4, -0.2) is 24.2 Å². The lowest BCUT2D eigenvalue weighted by Crippen LogP contribution is -2.31. The Balaban J connectivity index is 2.08. The molecule has 4 atom stereocenters. The quantitative estimate of drug-likeness (QED) is 0.716. The molecule has 0 aromatic rings. The Kier molecular flexibility index (Phi) is 2.67. The zero-order chi connectivity index (χ0) is 11.0. The van der Waals surface area contributed by atoms with Gasteiger partial charge in [0.2, 0.25) is 0 Å². The summed E-state index contributed by atoms with van der Waals surface area (Å²) in [6.07, 6.45) is 3.35. The molecule has 4 unspecified atom stereocenters. The Morgan fingerprint density at radius 1 is 1.33 bits per heavy atom. The molecular formula is C11H16O4. The first-order valence-corrected chi connectivity index (χ1v) is 5.43. The van der Waals surface area contributed by atoms with E-state index in [2.05, 4.69) is 4.74 Å². The van der Waals surface area contributed by atoms with Gasteiger partial charge in [0.15, 0.2) is 0 Å². The van der Waals surface area contributed by atoms with E-state index in [0.29, 0.717) is 11.8 Å². The maximum atomic E-state index is 11.2. The van der Waals surface area contributed by atoms with Gasteiger partial charge >= 0.3 is 11.9 Å². The van der Waals surface area contributed by atoms with E-state index in [1.165, 1.54) is 7.11 Å². The highest BCUT2D eigenvalue weighted by Crippen LogP contribution is 2.53. The molecule has 1 N–H and O–H groups in total. The third kappa shape index (κ3) is 1.73. The Bertz CT molecular complexity index is 286. The van der Waals surface area contributed by atoms with Crippen molar-refractivity contribution in [1.82, 2.24) is 0 Å². The van der Waals surface area contributed by atoms with Crippen LogP contribution in [0.4, 0.5) is 0 Å². The number of hydrogen-bond donors (Lipinski definition) is 1. The van der Waals surface area contributed by atoms with E-state index in [0.717, 1.165) is 19.3 Å². The first-order valence-electron chi connectivity index (χ1n) is 5.43. The number of rotatable bonds is 3. The summed E-state index contributed by atoms with van der Waals surface area (Å²) in [4.78, 5) is 22.3. The van der Waals surface area contributed by atoms with Crippen LogP contribution in [0.1, 0.15) is 25.7 Å². The van der Waals surface area contributed by atoms with Crippen LogP contribution in [0.3, 0.4) is 0 Å². The van der Waals surface area contributed by atoms with Crippen LogP contribution in [0.25, 0.3) is 0 Å². The van der Waals surface area contributed by atoms with Crippen molar-refractivity contribution in [3.63, 3.8) is 0 Å². The minimum Gasteiger partial charge on any atom is -0.481 e. The molecule has 0 saturated heterocycles. The van der Waals surface area contributed by atoms with Gasteiger partial charge in [-0.05, 0) is 37.0 Å². The zero-order valence-electron chi connectivity index (χ0n) is 8.81. The topological polar surface area (TPSA) is 63.6 Å². The van der Waals surface area contributed by atoms with Gasteiger partial charge in [0.05, 0.1) is 13.0 Å². The molecule has 2 rings (SSSR count). The number of carbonyl (C=O) groups excluding carboxylic acids is 1. The number of methoxy groups -OCH3 is 1. The molecule has 0 aromatic carbocycles. The van der Waals surface area contributed by atoms with Gasteiger partial charge in [-0.3, -0.25) is 9.59 Å². The largest absolute Gasteiger partial charge is 0.481 e. The van der Waals surface area contributed by atoms with Crippen molar-refractivity contribution in [2.45, 2.75) is 25.7 Å². The Morgan fingerprint density at radius 2 is 2.00 bits per heavy atom. The van der Waals surface area contributed by atoms with Gasteiger partial charge in [-0.15, -0.1) is 0 Å². The second-order valence-electron chi connectivity index (χ2n) is 4.64. The van der Waals surface area contributed by atoms with Crippen molar-refractivity contribution in [2.75, 3.05) is 7.11 Å². The molecule has 2 saturated carbocycles. The number of carboxylic acids is 1. The van der Waals surface area contributed by atoms with Crippen LogP contribution in [0, 0.1) is 23.7 Å². The standard InChI is InChI=1S/C11H16O4/c1-15-9(12)5-8-6-2-3-7(4-6)10(8)11(13)14/h6-8,10H,2-5H2,1H3,(H,13,14). The van der Waals surface area contributed by atoms with Gasteiger partial charge in [0.1, 0.15) is 0 Å². The fourth-order valence-corrected chi connectivity index (χ4v) is 3.36. The van der Waals surface area contributed by atoms with Gasteiger partial charge < -0.3 is 9.84 Å². The number of ether oxygens (including phenoxy) is 1. The van der Waals surface area contributed by atoms with E-state index < -0.39 is 5.97 Å². The van der Waals surface area contributed by atoms with E-state index in [4.69, 9.17) is 5.11 Å². The number of aliphatic carboxylic acids is 1. The lowest BCUT2D eigenvalue weighted by Gasteiger charge is -2.26. The van der Waals surface area contributed by atoms with Gasteiger partial charge in [-0.25, -0.2) is 0 Å². The Hall–Kier alpha value is -1.06. The van der Waals surface area contributed by atoms with Crippen molar-refractivity contribution in [2.24, 2.45) is 23.7 Å². The summed E-state index contributed by atoms with van der Waals surface area (Å²) >= 11 is 0. The smallest absolute Gasteiger partial charge is 0.307 e. The molecule has 2 aliphatic rings. The van der Waals surface area contributed by atoms with E-state index in [9.17, 15) is 9.59 Å². The SMILES string of the molecule is COC(=O)CC1C2CCC(C2)C1C(=O)O. The number of hydrogen-bond acceptors (Lipinski definition) is 3. The predicted molar refractivity (Wildman–Crippen MR) is 52.1 cm³/mol. The van der Waals surface area contributed by atoms with Gasteiger partial charge in [0, 0.05) is 6.42 Å². The van der Waals surface area contributed by atoms with E-state index in [1.807, 2.05) is 0 Å². The summed E-state index contributed by atoms with van der Waals surface area (Å²) in [7, 11) is 1.35. The lowest BCUT2D eigenvalue weighted by atomic mass is 9.77. The lowest BCUT2D eigenvalue weighted by molar-refractivity contribution is -0.148. The van der Waals surface area contributed by atoms with E-state index in [1.54, 1.807) is 0 Å². The third-order valence-electron chi connectivity index (χ3n) is 4.00. The molecule has 4 heteroatoms. The predicted octanol–water partition coefficient (Wildman–Crippen LogP) is 1.30. The minimum atomic E-state index is -0.740. The number of fused-ring (bicyclic) bond motifs is 2. The van der Waals surface area contributed by atoms with Crippen molar-refractivity contribution in [3.05, 3.63) is 0 Å². The Labute approximate surface area is 88.6 Å². The number of carbonyl (C=O) groups is 2. The van der Waals surface area contributed by atoms with Crippen molar-refractivity contribution < 1.29 is 19.4 Å². The third-order valence-corrected chi connectivity index (χ3v) is 4.00. The monoisotopic (exact) mass is 212 g/mol. The highest BCUT2D eigenvalue weighted by molar-refractivity contribution is 5.74. The normalized spacial score (nSPS) is 37.9. The van der Waals surface area contributed by atoms with Crippen molar-refractivity contribution in [1.29, 1.82) is 0 Å². The van der Waals surface area contributed by atoms with Crippen LogP contribution in [0.15, 0.2) is 0 Å². The van der Waals surface area contributed by atoms with Crippen molar-refractivity contribution in [3.8, 4) is 0 Å². The maximum absolute atomic E-state index is 11.2. The molecule has 2 fully saturated rings. The summed E-state index contributed by atoms with van der Waals surface area (Å²) in [6.45, 7) is 0. The van der Waals surface area contributed by atoms with Crippen LogP contribution >= 0.6 is 0 Å². The van der Waals surface area contributed by atoms with Crippen LogP contribution in [-0.2, 0) is 14.3 Å². The molecule has 0 radical (unpaired) electrons. The summed E-state index contributed by atoms with van der Waals surface area (Å²) in [5, 5.41) is 9.14. The average molecular weight is 212 g/mol. The van der Waals surface area contributed by atoms with Gasteiger partial charge in [-0.1, -0.05) is 0 Å². The second-order valence-corrected chi connectivity index (χ2v) is 4.64. The maximum Gasteiger partial charge on any atom is 0.307 e. The zero-order valence-corrected chi connectivity index (χ0v) is 8.81. The van der Waals surface area contributed by atoms with Crippen LogP contribution in [0.5, 0.6) is 0 Å². The first-order chi connectivity index (χ1) is 7.13. The molecule has 0 spiro atoms. The Morgan fingerprint density at radius 3 is 2.60 bits per heavy atom. The second kappa shape index (κ2) is 3.83. The number of carboxylic acid groups (broad SMARTS) is 1. The fraction of sp³-hybridized carbons (Fsp3) is 0.818. The number of esters is 1. The highest BCUT2D eigenvalue weighted by Gasteiger charge is 2.51. The van der Waals surface area contributed by atoms with E-state index in [-0.39, 0.29) is 24.2 Å². The average Bonchev–Trinajstić information content (AvgIpc) is 2.77. The molecular weight excluding hydrogens is 196 g/mol. The molecule has 2 bridgehead atoms. The summed E-state index contributed by atoms with van der Waals surface area (Å²) in [5.74, 6) is -0.608. The molecule has 15 heavy (non-hydrogen) atoms. The molecule has 0 heterocycles. The minimum absolute atomic E-state index is 0.00806. The van der Waals surface area contributed by atoms with Crippen LogP contribution < -0.4 is 0 Å². The fourth-order valence-electron chi connectivity index (χ4n) is 3.36. The highest BCUT2D eigenvalue weighted by atomic mass is 16.5. The summed E-state index contributed by atoms with van der Waals surface area (Å²) in [6, 6.07) is 0. The summed E-state index contributed by atoms with van der Waals surface area (Å²) < 4.78 is 4.62. The molecule has 0 aromatic heterocycles. The molecule has 0 aliphatic heterocycles. The summed E-state index contributed by atoms with van der Waals surface area (Å²) in [5.41, 5.74) is 0. The van der Waals surface area contributed by atoms with E-state index >= 15 is 0 Å². The molecule has 0 amide bonds. The van der Waals surface area contributed by atoms with Gasteiger partial charge in [0.25, 0.3) is 0 Å². The van der Waals surface area contributed by atoms with Gasteiger partial charge in [-0.2, -0.15) is 0 Å². The molecule has 4 nitrogen and oxygen atoms in total. The van der Waals surface area contributed by atoms with Crippen LogP contribution in [0.2, 0.25) is 0 Å². The first kappa shape index (κ1) is 10.5. The molecule has 2 aliphatic carbocycles.